The van der Waals surface area contributed by atoms with Crippen molar-refractivity contribution in [2.24, 2.45) is 0 Å². The molecule has 38 N–H and O–H groups in total. The number of hydrogen-bond acceptors (Lipinski definition) is 61. The van der Waals surface area contributed by atoms with Crippen LogP contribution in [-0.4, -0.2) is 643 Å². The van der Waals surface area contributed by atoms with Crippen molar-refractivity contribution in [3.63, 3.8) is 0 Å². The van der Waals surface area contributed by atoms with Gasteiger partial charge >= 0.3 is 0 Å². The first kappa shape index (κ1) is 112. The van der Waals surface area contributed by atoms with E-state index in [1.54, 1.807) is 0 Å². The van der Waals surface area contributed by atoms with Crippen LogP contribution in [0.25, 0.3) is 0 Å². The molecule has 0 aromatic carbocycles. The van der Waals surface area contributed by atoms with Crippen LogP contribution < -0.4 is 5.32 Å². The Morgan fingerprint density at radius 1 is 0.191 bits per heavy atom. The van der Waals surface area contributed by atoms with Crippen LogP contribution in [0.1, 0.15) is 6.92 Å². The molecule has 12 aliphatic rings. The number of carbonyl (C=O) groups is 1. The summed E-state index contributed by atoms with van der Waals surface area (Å²) in [5.41, 5.74) is 0. The number of ether oxygens (including phenoxy) is 23. The Hall–Kier alpha value is -2.93. The van der Waals surface area contributed by atoms with Gasteiger partial charge in [0.1, 0.15) is 293 Å². The van der Waals surface area contributed by atoms with E-state index in [0.717, 1.165) is 6.92 Å². The average molecular weight is 2000 g/mol. The Kier molecular flexibility index (Phi) is 40.0. The van der Waals surface area contributed by atoms with Crippen molar-refractivity contribution in [3.05, 3.63) is 0 Å². The molecule has 12 fully saturated rings. The molecule has 136 heavy (non-hydrogen) atoms. The zero-order chi connectivity index (χ0) is 99.7. The van der Waals surface area contributed by atoms with Crippen molar-refractivity contribution in [1.82, 2.24) is 5.32 Å². The van der Waals surface area contributed by atoms with E-state index in [-0.39, 0.29) is 0 Å². The largest absolute Gasteiger partial charge is 0.394 e. The first-order valence-corrected chi connectivity index (χ1v) is 43.2. The molecular formula is C74H125NO61. The highest BCUT2D eigenvalue weighted by atomic mass is 16.8. The summed E-state index contributed by atoms with van der Waals surface area (Å²) >= 11 is 0. The lowest BCUT2D eigenvalue weighted by Gasteiger charge is -2.51. The Bertz CT molecular complexity index is 3590. The van der Waals surface area contributed by atoms with Gasteiger partial charge in [0.2, 0.25) is 5.91 Å². The van der Waals surface area contributed by atoms with Gasteiger partial charge in [-0.1, -0.05) is 0 Å². The van der Waals surface area contributed by atoms with E-state index in [4.69, 9.17) is 109 Å². The van der Waals surface area contributed by atoms with Gasteiger partial charge in [0, 0.05) is 6.92 Å². The molecule has 0 aliphatic carbocycles. The van der Waals surface area contributed by atoms with Crippen molar-refractivity contribution < 1.29 is 303 Å². The topological polar surface area (TPSA) is 990 Å². The maximum Gasteiger partial charge on any atom is 0.217 e. The van der Waals surface area contributed by atoms with Crippen molar-refractivity contribution in [2.45, 2.75) is 375 Å². The molecule has 12 rings (SSSR count). The second-order valence-corrected chi connectivity index (χ2v) is 34.4. The summed E-state index contributed by atoms with van der Waals surface area (Å²) in [5, 5.41) is 414. The number of carbonyl (C=O) groups excluding carboxylic acids is 1. The molecule has 792 valence electrons. The van der Waals surface area contributed by atoms with E-state index in [9.17, 15) is 194 Å². The molecule has 1 amide bonds. The number of aliphatic hydroxyl groups is 37. The molecule has 1 unspecified atom stereocenters. The lowest BCUT2D eigenvalue weighted by Crippen LogP contribution is -2.69. The van der Waals surface area contributed by atoms with Crippen molar-refractivity contribution in [3.8, 4) is 0 Å². The number of amides is 1. The summed E-state index contributed by atoms with van der Waals surface area (Å²) in [6, 6.07) is -1.85. The minimum atomic E-state index is -2.64. The molecule has 62 nitrogen and oxygen atoms in total. The lowest BCUT2D eigenvalue weighted by atomic mass is 9.94. The third kappa shape index (κ3) is 23.5. The normalized spacial score (nSPS) is 52.8. The average Bonchev–Trinajstić information content (AvgIpc) is 0.757. The first-order chi connectivity index (χ1) is 64.5. The first-order valence-electron chi connectivity index (χ1n) is 43.2. The minimum absolute atomic E-state index is 0.910. The zero-order valence-corrected chi connectivity index (χ0v) is 71.5. The van der Waals surface area contributed by atoms with Gasteiger partial charge < -0.3 is 303 Å². The van der Waals surface area contributed by atoms with Gasteiger partial charge in [-0.3, -0.25) is 4.79 Å². The molecule has 0 radical (unpaired) electrons. The standard InChI is InChI=1S/C74H125NO61/c1-14(86)75-27-39(98)54(24(11-85)116-63(27)113)128-70-53(112)58(38(97)26(127-70)12-114-64-50(109)57(129-65-47(106)40(99)28(87)15(2-76)117-65)37(96)25(126-64)13-115-71-59(43(102)31(90)18(5-79)122-71)133-66-48(107)41(100)29(88)16(3-77)118-66)132-73-62(46(105)34(93)20(7-81)124-73)136-74-61(45(104)33(92)21(8-82)125-74)135-69-51(110)55(35(94)22(9-83)121-69)130-68-52(111)56(36(95)23(10-84)120-68)131-72-60(44(103)32(91)19(6-80)123-72)134-67-49(108)42(101)30(89)17(4-78)119-67/h15-74,76-85,87-113H,2-13H2,1H3,(H,75,86)/t15-,16-,17-,18-,19-,20-,21-,22-,23-,24-,25-,26-,27-,28-,29-,30-,31-,32-,33-,34-,35-,36-,37-,38-,39-,40+,41+,42+,43+,44+,45+,46+,47+,48+,49-,50+,51+,52-,53+,54-,55+,56+,57+,58+,59+,60-,61+,62+,63?,64+,65-,66-,67-,68-,69-,70+,71+,72-,73-,74-/m1/s1. The van der Waals surface area contributed by atoms with Crippen molar-refractivity contribution in [2.75, 3.05) is 79.3 Å². The summed E-state index contributed by atoms with van der Waals surface area (Å²) in [6.07, 6.45) is -131. The van der Waals surface area contributed by atoms with Crippen LogP contribution in [0.5, 0.6) is 0 Å². The van der Waals surface area contributed by atoms with Crippen LogP contribution in [0.2, 0.25) is 0 Å². The fourth-order valence-electron chi connectivity index (χ4n) is 17.5. The van der Waals surface area contributed by atoms with E-state index in [2.05, 4.69) is 5.32 Å². The smallest absolute Gasteiger partial charge is 0.217 e. The fraction of sp³-hybridized carbons (Fsp3) is 0.986. The SMILES string of the molecule is CC(=O)N[C@H]1C(O)O[C@H](CO)[C@@H](O[C@@H]2O[C@H](CO[C@H]3O[C@H](CO[C@H]4O[C@H](CO)[C@@H](O)[C@H](O)[C@@H]4O[C@H]4O[C@H](CO)[C@@H](O)[C@H](O)[C@@H]4O)[C@@H](O)[C@H](O[C@H]4O[C@H](CO)[C@@H](O)[C@H](O)[C@@H]4O)[C@@H]3O)[C@@H](O)[C@H](O[C@H]3O[C@H](CO)[C@@H](O)[C@H](O)[C@@H]3O[C@H]3O[C@H](CO)[C@@H](O)[C@H](O)[C@@H]3O[C@H]3O[C@H](CO)[C@@H](O)[C@H](O[C@H]4O[C@H](CO)[C@@H](O)[C@H](O[C@H]5O[C@H](CO)[C@@H](O)[C@H](O)[C@H]5O[C@H]5O[C@H](CO)[C@@H](O)[C@H](O)[C@H]5O)[C@H]4O)[C@@H]3O)[C@@H]2O)[C@@H]1O. The summed E-state index contributed by atoms with van der Waals surface area (Å²) < 4.78 is 134. The molecule has 0 saturated carbocycles. The van der Waals surface area contributed by atoms with E-state index < -0.39 is 454 Å². The van der Waals surface area contributed by atoms with Crippen LogP contribution in [0, 0.1) is 0 Å². The van der Waals surface area contributed by atoms with Crippen LogP contribution in [0.4, 0.5) is 0 Å². The third-order valence-corrected chi connectivity index (χ3v) is 25.5. The minimum Gasteiger partial charge on any atom is -0.394 e. The van der Waals surface area contributed by atoms with Crippen LogP contribution in [0.3, 0.4) is 0 Å². The van der Waals surface area contributed by atoms with Gasteiger partial charge in [0.15, 0.2) is 75.5 Å². The van der Waals surface area contributed by atoms with Gasteiger partial charge in [-0.2, -0.15) is 0 Å². The van der Waals surface area contributed by atoms with E-state index in [1.165, 1.54) is 0 Å². The molecule has 62 heteroatoms. The second-order valence-electron chi connectivity index (χ2n) is 34.4. The third-order valence-electron chi connectivity index (χ3n) is 25.5. The number of aliphatic hydroxyl groups excluding tert-OH is 37. The maximum atomic E-state index is 12.7. The molecule has 0 aromatic rings. The number of nitrogens with one attached hydrogen (secondary N) is 1. The van der Waals surface area contributed by atoms with Crippen LogP contribution in [-0.2, 0) is 114 Å². The summed E-state index contributed by atoms with van der Waals surface area (Å²) in [5.74, 6) is -0.910. The van der Waals surface area contributed by atoms with Gasteiger partial charge in [-0.05, 0) is 0 Å². The van der Waals surface area contributed by atoms with Crippen molar-refractivity contribution in [1.29, 1.82) is 0 Å². The highest BCUT2D eigenvalue weighted by Gasteiger charge is 2.63. The molecule has 0 aromatic heterocycles. The molecule has 12 saturated heterocycles. The highest BCUT2D eigenvalue weighted by molar-refractivity contribution is 5.73. The number of hydrogen-bond donors (Lipinski definition) is 38. The van der Waals surface area contributed by atoms with Gasteiger partial charge in [-0.15, -0.1) is 0 Å². The second kappa shape index (κ2) is 48.6. The van der Waals surface area contributed by atoms with Crippen LogP contribution >= 0.6 is 0 Å². The predicted octanol–water partition coefficient (Wildman–Crippen LogP) is -27.0. The van der Waals surface area contributed by atoms with Crippen LogP contribution in [0.15, 0.2) is 0 Å². The zero-order valence-electron chi connectivity index (χ0n) is 71.5. The lowest BCUT2D eigenvalue weighted by molar-refractivity contribution is -0.413. The Labute approximate surface area is 766 Å². The van der Waals surface area contributed by atoms with Gasteiger partial charge in [0.05, 0.1) is 79.3 Å². The molecule has 0 spiro atoms. The Balaban J connectivity index is 0.829. The van der Waals surface area contributed by atoms with Gasteiger partial charge in [0.25, 0.3) is 0 Å². The number of rotatable bonds is 35. The van der Waals surface area contributed by atoms with E-state index in [1.807, 2.05) is 0 Å². The molecule has 0 bridgehead atoms. The van der Waals surface area contributed by atoms with E-state index in [0.29, 0.717) is 0 Å². The van der Waals surface area contributed by atoms with Gasteiger partial charge in [-0.25, -0.2) is 0 Å². The molecule has 60 atom stereocenters. The monoisotopic (exact) mass is 2000 g/mol. The predicted molar refractivity (Wildman–Crippen MR) is 407 cm³/mol. The highest BCUT2D eigenvalue weighted by Crippen LogP contribution is 2.43. The maximum absolute atomic E-state index is 12.7. The summed E-state index contributed by atoms with van der Waals surface area (Å²) in [7, 11) is 0. The molecular weight excluding hydrogens is 1880 g/mol. The summed E-state index contributed by atoms with van der Waals surface area (Å²) in [4.78, 5) is 12.5. The quantitative estimate of drug-likeness (QED) is 0.0280. The Morgan fingerprint density at radius 3 is 0.684 bits per heavy atom. The molecule has 12 heterocycles. The van der Waals surface area contributed by atoms with Crippen molar-refractivity contribution >= 4 is 5.91 Å². The summed E-state index contributed by atoms with van der Waals surface area (Å²) in [6.45, 7) is -13.0. The van der Waals surface area contributed by atoms with E-state index >= 15 is 0 Å². The molecule has 12 aliphatic heterocycles. The Morgan fingerprint density at radius 2 is 0.390 bits per heavy atom. The fourth-order valence-corrected chi connectivity index (χ4v) is 17.5.